The Morgan fingerprint density at radius 1 is 0.386 bits per heavy atom. The molecule has 0 spiro atoms. The molecular weight excluding hydrogens is 553 g/mol. The number of aromatic nitrogens is 1. The minimum absolute atomic E-state index is 0.828. The Morgan fingerprint density at radius 3 is 1.55 bits per heavy atom. The van der Waals surface area contributed by atoms with E-state index in [0.717, 1.165) is 49.2 Å². The first-order valence-corrected chi connectivity index (χ1v) is 16.5. The summed E-state index contributed by atoms with van der Waals surface area (Å²) in [6.45, 7) is 0. The van der Waals surface area contributed by atoms with Crippen molar-refractivity contribution in [3.63, 3.8) is 0 Å². The van der Waals surface area contributed by atoms with Gasteiger partial charge in [-0.2, -0.15) is 0 Å². The van der Waals surface area contributed by atoms with Crippen LogP contribution in [0, 0.1) is 0 Å². The summed E-state index contributed by atoms with van der Waals surface area (Å²) in [5.74, 6) is 0. The zero-order valence-corrected chi connectivity index (χ0v) is 24.9. The molecule has 0 aliphatic heterocycles. The normalized spacial score (nSPS) is 11.7. The van der Waals surface area contributed by atoms with Gasteiger partial charge in [0.05, 0.1) is 11.2 Å². The van der Waals surface area contributed by atoms with E-state index in [1.54, 1.807) is 0 Å². The lowest BCUT2D eigenvalue weighted by molar-refractivity contribution is 0.592. The second-order valence-corrected chi connectivity index (χ2v) is 13.9. The number of rotatable bonds is 5. The van der Waals surface area contributed by atoms with Gasteiger partial charge >= 0.3 is 0 Å². The van der Waals surface area contributed by atoms with Crippen molar-refractivity contribution in [3.05, 3.63) is 170 Å². The maximum atomic E-state index is 14.7. The van der Waals surface area contributed by atoms with Gasteiger partial charge in [-0.05, 0) is 28.0 Å². The van der Waals surface area contributed by atoms with Crippen molar-refractivity contribution >= 4 is 55.5 Å². The fourth-order valence-electron chi connectivity index (χ4n) is 6.35. The maximum absolute atomic E-state index is 14.7. The molecule has 3 heteroatoms. The molecule has 2 nitrogen and oxygen atoms in total. The Balaban J connectivity index is 1.20. The monoisotopic (exact) mass is 581 g/mol. The molecule has 208 valence electrons. The molecule has 8 aromatic rings. The summed E-state index contributed by atoms with van der Waals surface area (Å²) in [6.07, 6.45) is 0. The van der Waals surface area contributed by atoms with Crippen molar-refractivity contribution in [2.45, 2.75) is 0 Å². The number of benzene rings is 7. The van der Waals surface area contributed by atoms with Crippen LogP contribution in [0.3, 0.4) is 0 Å². The lowest BCUT2D eigenvalue weighted by atomic mass is 9.94. The molecule has 0 N–H and O–H groups in total. The second-order valence-electron chi connectivity index (χ2n) is 11.1. The Bertz CT molecular complexity index is 2270. The average Bonchev–Trinajstić information content (AvgIpc) is 3.11. The smallest absolute Gasteiger partial charge is 0.171 e. The van der Waals surface area contributed by atoms with Crippen molar-refractivity contribution in [2.24, 2.45) is 0 Å². The summed E-state index contributed by atoms with van der Waals surface area (Å²) in [7, 11) is -3.01. The third kappa shape index (κ3) is 4.35. The molecule has 0 atom stereocenters. The Kier molecular flexibility index (Phi) is 6.44. The van der Waals surface area contributed by atoms with Gasteiger partial charge in [0.2, 0.25) is 0 Å². The zero-order valence-electron chi connectivity index (χ0n) is 24.0. The minimum Gasteiger partial charge on any atom is -0.309 e. The largest absolute Gasteiger partial charge is 0.309 e. The SMILES string of the molecule is O=P(c1ccccc1)(c1ccccc1)c1ccc(-c2ccc(-c3nc4ccccc4c4c3ccc3ccccc34)cc2)cc1. The van der Waals surface area contributed by atoms with Crippen LogP contribution in [0.4, 0.5) is 0 Å². The van der Waals surface area contributed by atoms with Gasteiger partial charge in [0, 0.05) is 37.6 Å². The number of pyridine rings is 1. The summed E-state index contributed by atoms with van der Waals surface area (Å²) in [4.78, 5) is 5.15. The van der Waals surface area contributed by atoms with Crippen LogP contribution in [0.25, 0.3) is 54.8 Å². The molecule has 1 aromatic heterocycles. The zero-order chi connectivity index (χ0) is 29.5. The first-order valence-electron chi connectivity index (χ1n) is 14.8. The molecule has 7 aromatic carbocycles. The molecule has 44 heavy (non-hydrogen) atoms. The number of hydrogen-bond acceptors (Lipinski definition) is 2. The van der Waals surface area contributed by atoms with Crippen LogP contribution in [-0.2, 0) is 4.57 Å². The van der Waals surface area contributed by atoms with Crippen LogP contribution in [0.2, 0.25) is 0 Å². The van der Waals surface area contributed by atoms with Crippen LogP contribution in [-0.4, -0.2) is 4.98 Å². The van der Waals surface area contributed by atoms with Gasteiger partial charge < -0.3 is 4.57 Å². The van der Waals surface area contributed by atoms with Crippen LogP contribution >= 0.6 is 7.14 Å². The molecule has 1 heterocycles. The third-order valence-electron chi connectivity index (χ3n) is 8.55. The Labute approximate surface area is 256 Å². The fraction of sp³-hybridized carbons (Fsp3) is 0. The van der Waals surface area contributed by atoms with Gasteiger partial charge in [-0.3, -0.25) is 0 Å². The van der Waals surface area contributed by atoms with Crippen LogP contribution < -0.4 is 15.9 Å². The van der Waals surface area contributed by atoms with Crippen LogP contribution in [0.5, 0.6) is 0 Å². The van der Waals surface area contributed by atoms with E-state index in [9.17, 15) is 4.57 Å². The summed E-state index contributed by atoms with van der Waals surface area (Å²) in [6, 6.07) is 57.8. The molecular formula is C41H28NOP. The highest BCUT2D eigenvalue weighted by Gasteiger charge is 2.29. The van der Waals surface area contributed by atoms with E-state index in [4.69, 9.17) is 4.98 Å². The quantitative estimate of drug-likeness (QED) is 0.150. The van der Waals surface area contributed by atoms with Crippen molar-refractivity contribution in [3.8, 4) is 22.4 Å². The lowest BCUT2D eigenvalue weighted by Gasteiger charge is -2.20. The highest BCUT2D eigenvalue weighted by molar-refractivity contribution is 7.85. The topological polar surface area (TPSA) is 30.0 Å². The van der Waals surface area contributed by atoms with E-state index < -0.39 is 7.14 Å². The molecule has 0 radical (unpaired) electrons. The van der Waals surface area contributed by atoms with E-state index >= 15 is 0 Å². The summed E-state index contributed by atoms with van der Waals surface area (Å²) in [5.41, 5.74) is 5.24. The standard InChI is InChI=1S/C41H28NOP/c43-44(33-12-3-1-4-13-33,34-14-5-2-6-15-34)35-26-23-30(24-27-35)29-19-21-32(22-20-29)41-38-28-25-31-11-7-8-16-36(31)40(38)37-17-9-10-18-39(37)42-41/h1-28H. The average molecular weight is 582 g/mol. The van der Waals surface area contributed by atoms with Crippen LogP contribution in [0.1, 0.15) is 0 Å². The second kappa shape index (κ2) is 10.8. The molecule has 0 unspecified atom stereocenters. The Hall–Kier alpha value is -5.30. The fourth-order valence-corrected chi connectivity index (χ4v) is 9.00. The van der Waals surface area contributed by atoms with Gasteiger partial charge in [0.15, 0.2) is 7.14 Å². The highest BCUT2D eigenvalue weighted by Crippen LogP contribution is 2.43. The van der Waals surface area contributed by atoms with Gasteiger partial charge in [-0.25, -0.2) is 4.98 Å². The summed E-state index contributed by atoms with van der Waals surface area (Å²) < 4.78 is 14.7. The van der Waals surface area contributed by atoms with Gasteiger partial charge in [-0.15, -0.1) is 0 Å². The minimum atomic E-state index is -3.01. The maximum Gasteiger partial charge on any atom is 0.171 e. The molecule has 0 fully saturated rings. The number of fused-ring (bicyclic) bond motifs is 5. The van der Waals surface area contributed by atoms with E-state index in [1.165, 1.54) is 21.5 Å². The number of nitrogens with zero attached hydrogens (tertiary/aromatic N) is 1. The molecule has 0 amide bonds. The van der Waals surface area contributed by atoms with E-state index in [0.29, 0.717) is 0 Å². The van der Waals surface area contributed by atoms with Gasteiger partial charge in [0.25, 0.3) is 0 Å². The molecule has 0 aliphatic carbocycles. The van der Waals surface area contributed by atoms with Crippen molar-refractivity contribution in [2.75, 3.05) is 0 Å². The third-order valence-corrected chi connectivity index (χ3v) is 11.6. The molecule has 0 bridgehead atoms. The lowest BCUT2D eigenvalue weighted by Crippen LogP contribution is -2.24. The van der Waals surface area contributed by atoms with E-state index in [-0.39, 0.29) is 0 Å². The molecule has 0 saturated heterocycles. The molecule has 8 rings (SSSR count). The molecule has 0 saturated carbocycles. The van der Waals surface area contributed by atoms with Crippen molar-refractivity contribution in [1.82, 2.24) is 4.98 Å². The van der Waals surface area contributed by atoms with E-state index in [2.05, 4.69) is 97.1 Å². The number of hydrogen-bond donors (Lipinski definition) is 0. The highest BCUT2D eigenvalue weighted by atomic mass is 31.2. The Morgan fingerprint density at radius 2 is 0.886 bits per heavy atom. The van der Waals surface area contributed by atoms with E-state index in [1.807, 2.05) is 72.8 Å². The van der Waals surface area contributed by atoms with Gasteiger partial charge in [-0.1, -0.05) is 164 Å². The van der Waals surface area contributed by atoms with Gasteiger partial charge in [0.1, 0.15) is 0 Å². The van der Waals surface area contributed by atoms with Crippen LogP contribution in [0.15, 0.2) is 170 Å². The summed E-state index contributed by atoms with van der Waals surface area (Å²) >= 11 is 0. The molecule has 0 aliphatic rings. The van der Waals surface area contributed by atoms with Crippen molar-refractivity contribution < 1.29 is 4.57 Å². The first kappa shape index (κ1) is 26.3. The predicted octanol–water partition coefficient (Wildman–Crippen LogP) is 9.51. The number of para-hydroxylation sites is 1. The van der Waals surface area contributed by atoms with Crippen molar-refractivity contribution in [1.29, 1.82) is 0 Å². The predicted molar refractivity (Wildman–Crippen MR) is 187 cm³/mol. The summed E-state index contributed by atoms with van der Waals surface area (Å²) in [5, 5.41) is 8.53. The first-order chi connectivity index (χ1) is 21.7.